The highest BCUT2D eigenvalue weighted by Crippen LogP contribution is 2.30. The van der Waals surface area contributed by atoms with Crippen molar-refractivity contribution in [2.75, 3.05) is 16.8 Å². The molecule has 3 N–H and O–H groups in total. The van der Waals surface area contributed by atoms with Gasteiger partial charge in [0.2, 0.25) is 5.91 Å². The summed E-state index contributed by atoms with van der Waals surface area (Å²) in [5.41, 5.74) is 6.56. The minimum absolute atomic E-state index is 0.00592. The summed E-state index contributed by atoms with van der Waals surface area (Å²) in [6.07, 6.45) is 8.14. The summed E-state index contributed by atoms with van der Waals surface area (Å²) in [5, 5.41) is 3.76. The van der Waals surface area contributed by atoms with Gasteiger partial charge in [-0.1, -0.05) is 26.2 Å². The van der Waals surface area contributed by atoms with Crippen molar-refractivity contribution in [2.24, 2.45) is 5.92 Å². The van der Waals surface area contributed by atoms with Crippen LogP contribution in [-0.4, -0.2) is 16.6 Å². The highest BCUT2D eigenvalue weighted by Gasteiger charge is 2.14. The first kappa shape index (κ1) is 16.1. The molecule has 1 saturated carbocycles. The van der Waals surface area contributed by atoms with Crippen LogP contribution in [0.25, 0.3) is 0 Å². The van der Waals surface area contributed by atoms with Crippen LogP contribution in [-0.2, 0) is 4.79 Å². The van der Waals surface area contributed by atoms with Gasteiger partial charge in [0, 0.05) is 12.2 Å². The maximum absolute atomic E-state index is 11.6. The second kappa shape index (κ2) is 8.27. The summed E-state index contributed by atoms with van der Waals surface area (Å²) in [5.74, 6) is 2.34. The molecule has 1 aromatic rings. The third-order valence-electron chi connectivity index (χ3n) is 3.84. The zero-order valence-corrected chi connectivity index (χ0v) is 13.5. The van der Waals surface area contributed by atoms with Crippen LogP contribution >= 0.6 is 11.8 Å². The van der Waals surface area contributed by atoms with Gasteiger partial charge in [-0.2, -0.15) is 0 Å². The number of nitrogens with two attached hydrogens (primary N) is 1. The molecule has 1 fully saturated rings. The van der Waals surface area contributed by atoms with Gasteiger partial charge in [-0.25, -0.2) is 4.98 Å². The molecule has 116 valence electrons. The van der Waals surface area contributed by atoms with Crippen LogP contribution < -0.4 is 11.1 Å². The van der Waals surface area contributed by atoms with Crippen molar-refractivity contribution in [1.29, 1.82) is 0 Å². The molecule has 0 spiro atoms. The largest absolute Gasteiger partial charge is 0.382 e. The fourth-order valence-corrected chi connectivity index (χ4v) is 3.71. The Hall–Kier alpha value is -1.23. The highest BCUT2D eigenvalue weighted by atomic mass is 32.2. The Bertz CT molecular complexity index is 473. The number of pyridine rings is 1. The Kier molecular flexibility index (Phi) is 6.36. The summed E-state index contributed by atoms with van der Waals surface area (Å²) in [6, 6.07) is 3.81. The van der Waals surface area contributed by atoms with E-state index in [2.05, 4.69) is 10.3 Å². The maximum atomic E-state index is 11.6. The number of hydrogen-bond donors (Lipinski definition) is 2. The van der Waals surface area contributed by atoms with Crippen molar-refractivity contribution in [3.63, 3.8) is 0 Å². The lowest BCUT2D eigenvalue weighted by molar-refractivity contribution is -0.116. The number of amides is 1. The molecule has 1 aliphatic carbocycles. The maximum Gasteiger partial charge on any atom is 0.224 e. The third kappa shape index (κ3) is 5.23. The van der Waals surface area contributed by atoms with Crippen LogP contribution in [0.2, 0.25) is 0 Å². The fourth-order valence-electron chi connectivity index (χ4n) is 2.64. The SMILES string of the molecule is CCCC(=O)Nc1ccc(SCC2CCCCC2)nc1N. The molecule has 0 aromatic carbocycles. The van der Waals surface area contributed by atoms with Crippen molar-refractivity contribution >= 4 is 29.2 Å². The number of carbonyl (C=O) groups excluding carboxylic acids is 1. The molecule has 1 heterocycles. The minimum Gasteiger partial charge on any atom is -0.382 e. The van der Waals surface area contributed by atoms with Gasteiger partial charge >= 0.3 is 0 Å². The van der Waals surface area contributed by atoms with Crippen molar-refractivity contribution in [3.8, 4) is 0 Å². The van der Waals surface area contributed by atoms with E-state index < -0.39 is 0 Å². The predicted molar refractivity (Wildman–Crippen MR) is 89.5 cm³/mol. The second-order valence-corrected chi connectivity index (χ2v) is 6.74. The van der Waals surface area contributed by atoms with Gasteiger partial charge in [-0.05, 0) is 37.3 Å². The van der Waals surface area contributed by atoms with Gasteiger partial charge in [0.1, 0.15) is 5.82 Å². The molecule has 0 bridgehead atoms. The fraction of sp³-hybridized carbons (Fsp3) is 0.625. The molecule has 2 rings (SSSR count). The first-order chi connectivity index (χ1) is 10.2. The van der Waals surface area contributed by atoms with E-state index in [1.54, 1.807) is 11.8 Å². The number of hydrogen-bond acceptors (Lipinski definition) is 4. The first-order valence-corrected chi connectivity index (χ1v) is 8.86. The van der Waals surface area contributed by atoms with E-state index in [-0.39, 0.29) is 5.91 Å². The standard InChI is InChI=1S/C16H25N3OS/c1-2-6-14(20)18-13-9-10-15(19-16(13)17)21-11-12-7-4-3-5-8-12/h9-10,12H,2-8,11H2,1H3,(H2,17,19)(H,18,20). The molecule has 4 nitrogen and oxygen atoms in total. The zero-order chi connectivity index (χ0) is 15.1. The highest BCUT2D eigenvalue weighted by molar-refractivity contribution is 7.99. The lowest BCUT2D eigenvalue weighted by Gasteiger charge is -2.20. The number of thioether (sulfide) groups is 1. The monoisotopic (exact) mass is 307 g/mol. The Balaban J connectivity index is 1.87. The molecule has 0 unspecified atom stereocenters. The molecule has 0 aliphatic heterocycles. The van der Waals surface area contributed by atoms with Crippen LogP contribution in [0, 0.1) is 5.92 Å². The van der Waals surface area contributed by atoms with Crippen LogP contribution in [0.4, 0.5) is 11.5 Å². The van der Waals surface area contributed by atoms with Crippen molar-refractivity contribution in [1.82, 2.24) is 4.98 Å². The molecule has 1 amide bonds. The number of anilines is 2. The van der Waals surface area contributed by atoms with E-state index in [4.69, 9.17) is 5.73 Å². The quantitative estimate of drug-likeness (QED) is 0.777. The molecular weight excluding hydrogens is 282 g/mol. The van der Waals surface area contributed by atoms with Gasteiger partial charge in [0.05, 0.1) is 10.7 Å². The summed E-state index contributed by atoms with van der Waals surface area (Å²) >= 11 is 1.78. The number of carbonyl (C=O) groups is 1. The Morgan fingerprint density at radius 1 is 1.38 bits per heavy atom. The Morgan fingerprint density at radius 3 is 2.81 bits per heavy atom. The molecule has 21 heavy (non-hydrogen) atoms. The minimum atomic E-state index is -0.00592. The number of nitrogens with zero attached hydrogens (tertiary/aromatic N) is 1. The molecule has 1 aromatic heterocycles. The number of nitrogen functional groups attached to an aromatic ring is 1. The van der Waals surface area contributed by atoms with E-state index in [0.717, 1.165) is 23.1 Å². The van der Waals surface area contributed by atoms with E-state index in [0.29, 0.717) is 17.9 Å². The predicted octanol–water partition coefficient (Wildman–Crippen LogP) is 4.07. The molecule has 5 heteroatoms. The average Bonchev–Trinajstić information content (AvgIpc) is 2.49. The lowest BCUT2D eigenvalue weighted by Crippen LogP contribution is -2.13. The first-order valence-electron chi connectivity index (χ1n) is 7.88. The van der Waals surface area contributed by atoms with Crippen LogP contribution in [0.1, 0.15) is 51.9 Å². The lowest BCUT2D eigenvalue weighted by atomic mass is 9.91. The van der Waals surface area contributed by atoms with Crippen LogP contribution in [0.5, 0.6) is 0 Å². The van der Waals surface area contributed by atoms with Gasteiger partial charge in [0.25, 0.3) is 0 Å². The van der Waals surface area contributed by atoms with E-state index in [1.807, 2.05) is 19.1 Å². The smallest absolute Gasteiger partial charge is 0.224 e. The second-order valence-electron chi connectivity index (χ2n) is 5.70. The van der Waals surface area contributed by atoms with Crippen molar-refractivity contribution < 1.29 is 4.79 Å². The van der Waals surface area contributed by atoms with E-state index in [9.17, 15) is 4.79 Å². The molecule has 0 radical (unpaired) electrons. The topological polar surface area (TPSA) is 68.0 Å². The van der Waals surface area contributed by atoms with Crippen LogP contribution in [0.15, 0.2) is 17.2 Å². The summed E-state index contributed by atoms with van der Waals surface area (Å²) in [7, 11) is 0. The van der Waals surface area contributed by atoms with Crippen LogP contribution in [0.3, 0.4) is 0 Å². The zero-order valence-electron chi connectivity index (χ0n) is 12.7. The van der Waals surface area contributed by atoms with Gasteiger partial charge in [-0.3, -0.25) is 4.79 Å². The van der Waals surface area contributed by atoms with Gasteiger partial charge in [-0.15, -0.1) is 11.8 Å². The Labute approximate surface area is 131 Å². The summed E-state index contributed by atoms with van der Waals surface area (Å²) in [6.45, 7) is 1.98. The molecular formula is C16H25N3OS. The van der Waals surface area contributed by atoms with Gasteiger partial charge in [0.15, 0.2) is 0 Å². The normalized spacial score (nSPS) is 15.9. The number of aromatic nitrogens is 1. The molecule has 0 atom stereocenters. The number of nitrogens with one attached hydrogen (secondary N) is 1. The summed E-state index contributed by atoms with van der Waals surface area (Å²) in [4.78, 5) is 16.0. The molecule has 0 saturated heterocycles. The van der Waals surface area contributed by atoms with E-state index in [1.165, 1.54) is 32.1 Å². The third-order valence-corrected chi connectivity index (χ3v) is 5.00. The number of rotatable bonds is 6. The van der Waals surface area contributed by atoms with Crippen molar-refractivity contribution in [2.45, 2.75) is 56.9 Å². The summed E-state index contributed by atoms with van der Waals surface area (Å²) < 4.78 is 0. The van der Waals surface area contributed by atoms with Crippen molar-refractivity contribution in [3.05, 3.63) is 12.1 Å². The molecule has 1 aliphatic rings. The van der Waals surface area contributed by atoms with Gasteiger partial charge < -0.3 is 11.1 Å². The average molecular weight is 307 g/mol. The van der Waals surface area contributed by atoms with E-state index >= 15 is 0 Å². The Morgan fingerprint density at radius 2 is 2.14 bits per heavy atom.